The molecule has 0 saturated heterocycles. The van der Waals surface area contributed by atoms with Gasteiger partial charge in [-0.15, -0.1) is 0 Å². The smallest absolute Gasteiger partial charge is 0.407 e. The Bertz CT molecular complexity index is 545. The Labute approximate surface area is 129 Å². The van der Waals surface area contributed by atoms with E-state index in [-0.39, 0.29) is 24.3 Å². The lowest BCUT2D eigenvalue weighted by molar-refractivity contribution is 0.0526. The van der Waals surface area contributed by atoms with Crippen LogP contribution in [0.5, 0.6) is 0 Å². The van der Waals surface area contributed by atoms with E-state index in [2.05, 4.69) is 10.6 Å². The molecule has 0 aliphatic heterocycles. The van der Waals surface area contributed by atoms with Crippen LogP contribution in [0.3, 0.4) is 0 Å². The summed E-state index contributed by atoms with van der Waals surface area (Å²) in [5.74, 6) is -0.992. The number of nitrogen functional groups attached to an aromatic ring is 1. The summed E-state index contributed by atoms with van der Waals surface area (Å²) in [7, 11) is 0. The molecule has 1 aromatic carbocycles. The number of hydrogen-bond acceptors (Lipinski definition) is 4. The lowest BCUT2D eigenvalue weighted by Crippen LogP contribution is -2.37. The number of nitrogens with one attached hydrogen (secondary N) is 2. The van der Waals surface area contributed by atoms with Crippen molar-refractivity contribution in [2.45, 2.75) is 33.3 Å². The lowest BCUT2D eigenvalue weighted by Gasteiger charge is -2.19. The van der Waals surface area contributed by atoms with Gasteiger partial charge in [0.2, 0.25) is 0 Å². The number of benzene rings is 1. The van der Waals surface area contributed by atoms with Crippen molar-refractivity contribution in [3.63, 3.8) is 0 Å². The highest BCUT2D eigenvalue weighted by atomic mass is 19.1. The number of alkyl carbamates (subject to hydrolysis) is 1. The highest BCUT2D eigenvalue weighted by Gasteiger charge is 2.15. The van der Waals surface area contributed by atoms with Crippen LogP contribution in [0.15, 0.2) is 12.1 Å². The van der Waals surface area contributed by atoms with Crippen molar-refractivity contribution >= 4 is 17.7 Å². The summed E-state index contributed by atoms with van der Waals surface area (Å²) in [6, 6.07) is 2.54. The summed E-state index contributed by atoms with van der Waals surface area (Å²) >= 11 is 0. The van der Waals surface area contributed by atoms with Gasteiger partial charge in [0.25, 0.3) is 5.91 Å². The fourth-order valence-corrected chi connectivity index (χ4v) is 1.59. The van der Waals surface area contributed by atoms with E-state index in [9.17, 15) is 14.0 Å². The molecule has 0 aromatic heterocycles. The third-order valence-corrected chi connectivity index (χ3v) is 2.73. The summed E-state index contributed by atoms with van der Waals surface area (Å²) in [5.41, 5.74) is 5.70. The Hall–Kier alpha value is -2.31. The first kappa shape index (κ1) is 17.7. The number of amides is 2. The maximum absolute atomic E-state index is 13.5. The van der Waals surface area contributed by atoms with Crippen LogP contribution in [-0.4, -0.2) is 30.7 Å². The number of carbonyl (C=O) groups is 2. The van der Waals surface area contributed by atoms with Crippen LogP contribution in [0, 0.1) is 12.7 Å². The second-order valence-electron chi connectivity index (χ2n) is 5.86. The van der Waals surface area contributed by atoms with Gasteiger partial charge in [-0.1, -0.05) is 0 Å². The van der Waals surface area contributed by atoms with Crippen molar-refractivity contribution in [3.05, 3.63) is 29.1 Å². The third kappa shape index (κ3) is 5.59. The van der Waals surface area contributed by atoms with Crippen molar-refractivity contribution in [1.29, 1.82) is 0 Å². The molecule has 0 unspecified atom stereocenters. The van der Waals surface area contributed by atoms with E-state index in [1.807, 2.05) is 0 Å². The molecule has 7 heteroatoms. The Balaban J connectivity index is 2.43. The van der Waals surface area contributed by atoms with Crippen molar-refractivity contribution < 1.29 is 18.7 Å². The van der Waals surface area contributed by atoms with Gasteiger partial charge in [0.1, 0.15) is 11.4 Å². The second kappa shape index (κ2) is 7.11. The van der Waals surface area contributed by atoms with Gasteiger partial charge in [0.05, 0.1) is 0 Å². The Morgan fingerprint density at radius 3 is 2.36 bits per heavy atom. The van der Waals surface area contributed by atoms with Gasteiger partial charge < -0.3 is 21.1 Å². The van der Waals surface area contributed by atoms with E-state index in [1.54, 1.807) is 20.8 Å². The summed E-state index contributed by atoms with van der Waals surface area (Å²) in [5, 5.41) is 5.06. The van der Waals surface area contributed by atoms with Gasteiger partial charge in [0.15, 0.2) is 0 Å². The fourth-order valence-electron chi connectivity index (χ4n) is 1.59. The number of halogens is 1. The highest BCUT2D eigenvalue weighted by Crippen LogP contribution is 2.17. The molecule has 4 N–H and O–H groups in total. The second-order valence-corrected chi connectivity index (χ2v) is 5.86. The summed E-state index contributed by atoms with van der Waals surface area (Å²) < 4.78 is 18.6. The SMILES string of the molecule is Cc1c(N)cc(C(=O)NCCNC(=O)OC(C)(C)C)cc1F. The van der Waals surface area contributed by atoms with Crippen LogP contribution >= 0.6 is 0 Å². The molecule has 0 heterocycles. The lowest BCUT2D eigenvalue weighted by atomic mass is 10.1. The van der Waals surface area contributed by atoms with Crippen molar-refractivity contribution in [1.82, 2.24) is 10.6 Å². The summed E-state index contributed by atoms with van der Waals surface area (Å²) in [6.07, 6.45) is -0.563. The van der Waals surface area contributed by atoms with Crippen molar-refractivity contribution in [2.24, 2.45) is 0 Å². The monoisotopic (exact) mass is 311 g/mol. The molecule has 0 aliphatic rings. The van der Waals surface area contributed by atoms with E-state index in [1.165, 1.54) is 13.0 Å². The third-order valence-electron chi connectivity index (χ3n) is 2.73. The molecule has 6 nitrogen and oxygen atoms in total. The topological polar surface area (TPSA) is 93.5 Å². The van der Waals surface area contributed by atoms with Crippen LogP contribution in [0.25, 0.3) is 0 Å². The average Bonchev–Trinajstić information content (AvgIpc) is 2.38. The molecule has 0 spiro atoms. The van der Waals surface area contributed by atoms with Crippen LogP contribution in [0.1, 0.15) is 36.7 Å². The maximum atomic E-state index is 13.5. The molecular formula is C15H22FN3O3. The largest absolute Gasteiger partial charge is 0.444 e. The van der Waals surface area contributed by atoms with E-state index < -0.39 is 23.4 Å². The molecule has 1 aromatic rings. The molecule has 0 aliphatic carbocycles. The van der Waals surface area contributed by atoms with E-state index in [0.717, 1.165) is 6.07 Å². The van der Waals surface area contributed by atoms with E-state index in [0.29, 0.717) is 5.56 Å². The molecule has 2 amide bonds. The molecule has 0 bridgehead atoms. The van der Waals surface area contributed by atoms with Gasteiger partial charge in [-0.05, 0) is 39.8 Å². The number of carbonyl (C=O) groups excluding carboxylic acids is 2. The molecule has 22 heavy (non-hydrogen) atoms. The molecule has 1 rings (SSSR count). The quantitative estimate of drug-likeness (QED) is 0.585. The van der Waals surface area contributed by atoms with Crippen LogP contribution in [0.2, 0.25) is 0 Å². The zero-order chi connectivity index (χ0) is 16.9. The molecule has 0 radical (unpaired) electrons. The zero-order valence-corrected chi connectivity index (χ0v) is 13.2. The Morgan fingerprint density at radius 1 is 1.23 bits per heavy atom. The minimum absolute atomic E-state index is 0.137. The number of rotatable bonds is 4. The summed E-state index contributed by atoms with van der Waals surface area (Å²) in [6.45, 7) is 7.19. The predicted octanol–water partition coefficient (Wildman–Crippen LogP) is 1.97. The average molecular weight is 311 g/mol. The normalized spacial score (nSPS) is 11.0. The first-order chi connectivity index (χ1) is 10.1. The minimum Gasteiger partial charge on any atom is -0.444 e. The van der Waals surface area contributed by atoms with E-state index >= 15 is 0 Å². The van der Waals surface area contributed by atoms with Crippen LogP contribution in [-0.2, 0) is 4.74 Å². The maximum Gasteiger partial charge on any atom is 0.407 e. The number of nitrogens with two attached hydrogens (primary N) is 1. The first-order valence-corrected chi connectivity index (χ1v) is 6.91. The van der Waals surface area contributed by atoms with Gasteiger partial charge in [-0.3, -0.25) is 4.79 Å². The Kier molecular flexibility index (Phi) is 5.73. The minimum atomic E-state index is -0.579. The van der Waals surface area contributed by atoms with Gasteiger partial charge in [-0.2, -0.15) is 0 Å². The molecule has 0 fully saturated rings. The number of anilines is 1. The fraction of sp³-hybridized carbons (Fsp3) is 0.467. The molecular weight excluding hydrogens is 289 g/mol. The van der Waals surface area contributed by atoms with Gasteiger partial charge in [-0.25, -0.2) is 9.18 Å². The Morgan fingerprint density at radius 2 is 1.82 bits per heavy atom. The molecule has 0 saturated carbocycles. The van der Waals surface area contributed by atoms with Crippen molar-refractivity contribution in [3.8, 4) is 0 Å². The van der Waals surface area contributed by atoms with E-state index in [4.69, 9.17) is 10.5 Å². The number of ether oxygens (including phenoxy) is 1. The van der Waals surface area contributed by atoms with Gasteiger partial charge >= 0.3 is 6.09 Å². The predicted molar refractivity (Wildman–Crippen MR) is 82.1 cm³/mol. The summed E-state index contributed by atoms with van der Waals surface area (Å²) in [4.78, 5) is 23.2. The van der Waals surface area contributed by atoms with Gasteiger partial charge in [0, 0.05) is 29.9 Å². The highest BCUT2D eigenvalue weighted by molar-refractivity contribution is 5.95. The molecule has 0 atom stereocenters. The van der Waals surface area contributed by atoms with Crippen LogP contribution in [0.4, 0.5) is 14.9 Å². The molecule has 122 valence electrons. The standard InChI is InChI=1S/C15H22FN3O3/c1-9-11(16)7-10(8-12(9)17)13(20)18-5-6-19-14(21)22-15(2,3)4/h7-8H,5-6,17H2,1-4H3,(H,18,20)(H,19,21). The van der Waals surface area contributed by atoms with Crippen LogP contribution < -0.4 is 16.4 Å². The number of hydrogen-bond donors (Lipinski definition) is 3. The zero-order valence-electron chi connectivity index (χ0n) is 13.2. The van der Waals surface area contributed by atoms with Crippen molar-refractivity contribution in [2.75, 3.05) is 18.8 Å². The first-order valence-electron chi connectivity index (χ1n) is 6.91.